The Balaban J connectivity index is 1.98. The van der Waals surface area contributed by atoms with Gasteiger partial charge < -0.3 is 5.32 Å². The number of hydrogen-bond acceptors (Lipinski definition) is 3. The standard InChI is InChI=1S/C16H14Cl2N2O3S/c1-16(2)11-8-10(4-6-14(11)19-15(16)21)24(22,23)20-9-3-5-12(17)13(18)7-9/h3-8,20H,1-2H3,(H,19,21). The van der Waals surface area contributed by atoms with Gasteiger partial charge in [-0.05, 0) is 55.8 Å². The van der Waals surface area contributed by atoms with Crippen molar-refractivity contribution in [3.8, 4) is 0 Å². The molecule has 1 heterocycles. The van der Waals surface area contributed by atoms with Crippen molar-refractivity contribution in [3.63, 3.8) is 0 Å². The molecule has 126 valence electrons. The maximum atomic E-state index is 12.6. The van der Waals surface area contributed by atoms with E-state index in [0.717, 1.165) is 0 Å². The highest BCUT2D eigenvalue weighted by Crippen LogP contribution is 2.38. The number of sulfonamides is 1. The largest absolute Gasteiger partial charge is 0.325 e. The number of rotatable bonds is 3. The van der Waals surface area contributed by atoms with E-state index in [1.54, 1.807) is 19.9 Å². The van der Waals surface area contributed by atoms with Gasteiger partial charge in [0.05, 0.1) is 26.0 Å². The Kier molecular flexibility index (Phi) is 4.02. The van der Waals surface area contributed by atoms with Crippen molar-refractivity contribution in [2.24, 2.45) is 0 Å². The van der Waals surface area contributed by atoms with Gasteiger partial charge in [0, 0.05) is 5.69 Å². The molecule has 1 aliphatic rings. The summed E-state index contributed by atoms with van der Waals surface area (Å²) in [6.45, 7) is 3.49. The Morgan fingerprint density at radius 1 is 1.04 bits per heavy atom. The summed E-state index contributed by atoms with van der Waals surface area (Å²) in [5.74, 6) is -0.163. The molecule has 0 aliphatic carbocycles. The minimum absolute atomic E-state index is 0.0666. The molecule has 2 N–H and O–H groups in total. The highest BCUT2D eigenvalue weighted by molar-refractivity contribution is 7.92. The summed E-state index contributed by atoms with van der Waals surface area (Å²) < 4.78 is 27.7. The van der Waals surface area contributed by atoms with Crippen molar-refractivity contribution in [2.45, 2.75) is 24.2 Å². The molecule has 0 aromatic heterocycles. The van der Waals surface area contributed by atoms with Gasteiger partial charge in [0.2, 0.25) is 5.91 Å². The zero-order valence-corrected chi connectivity index (χ0v) is 15.2. The van der Waals surface area contributed by atoms with Crippen LogP contribution < -0.4 is 10.0 Å². The summed E-state index contributed by atoms with van der Waals surface area (Å²) >= 11 is 11.7. The summed E-state index contributed by atoms with van der Waals surface area (Å²) in [4.78, 5) is 12.0. The third-order valence-corrected chi connectivity index (χ3v) is 6.08. The van der Waals surface area contributed by atoms with Crippen molar-refractivity contribution in [2.75, 3.05) is 10.0 Å². The van der Waals surface area contributed by atoms with Gasteiger partial charge >= 0.3 is 0 Å². The third-order valence-electron chi connectivity index (χ3n) is 3.96. The van der Waals surface area contributed by atoms with Crippen LogP contribution in [0.3, 0.4) is 0 Å². The van der Waals surface area contributed by atoms with Gasteiger partial charge in [0.1, 0.15) is 0 Å². The van der Waals surface area contributed by atoms with Crippen LogP contribution >= 0.6 is 23.2 Å². The SMILES string of the molecule is CC1(C)C(=O)Nc2ccc(S(=O)(=O)Nc3ccc(Cl)c(Cl)c3)cc21. The Morgan fingerprint density at radius 3 is 2.42 bits per heavy atom. The summed E-state index contributed by atoms with van der Waals surface area (Å²) in [5, 5.41) is 3.33. The molecule has 2 aromatic rings. The molecule has 0 unspecified atom stereocenters. The minimum Gasteiger partial charge on any atom is -0.325 e. The predicted molar refractivity (Wildman–Crippen MR) is 95.4 cm³/mol. The molecule has 0 saturated carbocycles. The molecule has 0 saturated heterocycles. The van der Waals surface area contributed by atoms with Crippen LogP contribution in [0.4, 0.5) is 11.4 Å². The zero-order valence-electron chi connectivity index (χ0n) is 12.9. The van der Waals surface area contributed by atoms with Crippen LogP contribution in [0.15, 0.2) is 41.3 Å². The second-order valence-electron chi connectivity index (χ2n) is 6.02. The molecule has 1 aliphatic heterocycles. The van der Waals surface area contributed by atoms with E-state index in [4.69, 9.17) is 23.2 Å². The van der Waals surface area contributed by atoms with Crippen LogP contribution in [-0.4, -0.2) is 14.3 Å². The number of benzene rings is 2. The number of nitrogens with one attached hydrogen (secondary N) is 2. The van der Waals surface area contributed by atoms with Crippen LogP contribution in [0.2, 0.25) is 10.0 Å². The maximum absolute atomic E-state index is 12.6. The number of halogens is 2. The second kappa shape index (κ2) is 5.65. The van der Waals surface area contributed by atoms with Gasteiger partial charge in [-0.25, -0.2) is 8.42 Å². The highest BCUT2D eigenvalue weighted by Gasteiger charge is 2.39. The minimum atomic E-state index is -3.82. The first-order valence-electron chi connectivity index (χ1n) is 7.05. The molecule has 0 fully saturated rings. The first kappa shape index (κ1) is 17.1. The Morgan fingerprint density at radius 2 is 1.75 bits per heavy atom. The van der Waals surface area contributed by atoms with Crippen molar-refractivity contribution < 1.29 is 13.2 Å². The van der Waals surface area contributed by atoms with Crippen molar-refractivity contribution in [1.29, 1.82) is 0 Å². The van der Waals surface area contributed by atoms with E-state index in [0.29, 0.717) is 22.0 Å². The smallest absolute Gasteiger partial charge is 0.261 e. The predicted octanol–water partition coefficient (Wildman–Crippen LogP) is 4.02. The number of carbonyl (C=O) groups is 1. The van der Waals surface area contributed by atoms with Gasteiger partial charge in [-0.15, -0.1) is 0 Å². The van der Waals surface area contributed by atoms with E-state index in [-0.39, 0.29) is 15.8 Å². The Bertz CT molecular complexity index is 956. The monoisotopic (exact) mass is 384 g/mol. The quantitative estimate of drug-likeness (QED) is 0.838. The lowest BCUT2D eigenvalue weighted by Gasteiger charge is -2.16. The van der Waals surface area contributed by atoms with Gasteiger partial charge in [-0.2, -0.15) is 0 Å². The van der Waals surface area contributed by atoms with E-state index in [1.807, 2.05) is 0 Å². The normalized spacial score (nSPS) is 15.8. The topological polar surface area (TPSA) is 75.3 Å². The molecular formula is C16H14Cl2N2O3S. The molecule has 3 rings (SSSR count). The Labute approximate surface area is 150 Å². The third kappa shape index (κ3) is 2.85. The Hall–Kier alpha value is -1.76. The molecule has 1 amide bonds. The molecule has 5 nitrogen and oxygen atoms in total. The summed E-state index contributed by atoms with van der Waals surface area (Å²) in [5.41, 5.74) is 0.783. The van der Waals surface area contributed by atoms with Crippen molar-refractivity contribution >= 4 is 50.5 Å². The summed E-state index contributed by atoms with van der Waals surface area (Å²) in [7, 11) is -3.82. The van der Waals surface area contributed by atoms with Gasteiger partial charge in [-0.1, -0.05) is 23.2 Å². The molecule has 8 heteroatoms. The van der Waals surface area contributed by atoms with Crippen LogP contribution in [0.5, 0.6) is 0 Å². The number of amides is 1. The van der Waals surface area contributed by atoms with Gasteiger partial charge in [0.15, 0.2) is 0 Å². The van der Waals surface area contributed by atoms with E-state index in [9.17, 15) is 13.2 Å². The van der Waals surface area contributed by atoms with Crippen molar-refractivity contribution in [3.05, 3.63) is 52.0 Å². The number of anilines is 2. The molecule has 0 atom stereocenters. The van der Waals surface area contributed by atoms with Gasteiger partial charge in [-0.3, -0.25) is 9.52 Å². The lowest BCUT2D eigenvalue weighted by atomic mass is 9.86. The fraction of sp³-hybridized carbons (Fsp3) is 0.188. The van der Waals surface area contributed by atoms with Crippen LogP contribution in [0.1, 0.15) is 19.4 Å². The fourth-order valence-corrected chi connectivity index (χ4v) is 3.86. The first-order chi connectivity index (χ1) is 11.1. The second-order valence-corrected chi connectivity index (χ2v) is 8.52. The lowest BCUT2D eigenvalue weighted by molar-refractivity contribution is -0.119. The maximum Gasteiger partial charge on any atom is 0.261 e. The molecule has 2 aromatic carbocycles. The summed E-state index contributed by atoms with van der Waals surface area (Å²) in [6, 6.07) is 9.01. The fourth-order valence-electron chi connectivity index (χ4n) is 2.49. The molecular weight excluding hydrogens is 371 g/mol. The van der Waals surface area contributed by atoms with Crippen molar-refractivity contribution in [1.82, 2.24) is 0 Å². The lowest BCUT2D eigenvalue weighted by Crippen LogP contribution is -2.27. The van der Waals surface area contributed by atoms with E-state index in [1.165, 1.54) is 30.3 Å². The average molecular weight is 385 g/mol. The molecule has 24 heavy (non-hydrogen) atoms. The van der Waals surface area contributed by atoms with E-state index >= 15 is 0 Å². The van der Waals surface area contributed by atoms with Crippen LogP contribution in [0.25, 0.3) is 0 Å². The zero-order chi connectivity index (χ0) is 17.7. The number of hydrogen-bond donors (Lipinski definition) is 2. The van der Waals surface area contributed by atoms with E-state index in [2.05, 4.69) is 10.0 Å². The average Bonchev–Trinajstić information content (AvgIpc) is 2.72. The van der Waals surface area contributed by atoms with Crippen LogP contribution in [-0.2, 0) is 20.2 Å². The molecule has 0 spiro atoms. The van der Waals surface area contributed by atoms with E-state index < -0.39 is 15.4 Å². The highest BCUT2D eigenvalue weighted by atomic mass is 35.5. The first-order valence-corrected chi connectivity index (χ1v) is 9.29. The molecule has 0 radical (unpaired) electrons. The summed E-state index contributed by atoms with van der Waals surface area (Å²) in [6.07, 6.45) is 0. The molecule has 0 bridgehead atoms. The number of carbonyl (C=O) groups excluding carboxylic acids is 1. The van der Waals surface area contributed by atoms with Gasteiger partial charge in [0.25, 0.3) is 10.0 Å². The van der Waals surface area contributed by atoms with Crippen LogP contribution in [0, 0.1) is 0 Å². The number of fused-ring (bicyclic) bond motifs is 1.